The molecule has 3 N–H and O–H groups in total. The van der Waals surface area contributed by atoms with Crippen LogP contribution < -0.4 is 8.81 Å². The number of hydrogen-bond donors (Lipinski definition) is 2. The van der Waals surface area contributed by atoms with Crippen molar-refractivity contribution in [1.82, 2.24) is 0 Å². The van der Waals surface area contributed by atoms with Crippen molar-refractivity contribution in [3.63, 3.8) is 0 Å². The molecule has 0 heterocycles. The third kappa shape index (κ3) is 1.71. The monoisotopic (exact) mass is 338 g/mol. The van der Waals surface area contributed by atoms with Crippen LogP contribution in [0.5, 0.6) is 0 Å². The SMILES string of the molecule is Nc1[c]([Hg])cccc1C(=O)O. The molecular weight excluding hydrogens is 331 g/mol. The molecule has 4 heteroatoms. The van der Waals surface area contributed by atoms with Crippen molar-refractivity contribution >= 4 is 14.7 Å². The summed E-state index contributed by atoms with van der Waals surface area (Å²) in [7, 11) is 0. The number of nitrogen functional groups attached to an aromatic ring is 1. The molecule has 0 unspecified atom stereocenters. The van der Waals surface area contributed by atoms with E-state index >= 15 is 0 Å². The van der Waals surface area contributed by atoms with Crippen LogP contribution in [0.25, 0.3) is 0 Å². The van der Waals surface area contributed by atoms with Gasteiger partial charge < -0.3 is 0 Å². The summed E-state index contributed by atoms with van der Waals surface area (Å²) >= 11 is 0.383. The van der Waals surface area contributed by atoms with E-state index in [0.717, 1.165) is 3.07 Å². The van der Waals surface area contributed by atoms with E-state index in [2.05, 4.69) is 0 Å². The molecule has 1 aromatic rings. The van der Waals surface area contributed by atoms with Crippen molar-refractivity contribution in [3.05, 3.63) is 23.8 Å². The Morgan fingerprint density at radius 3 is 2.64 bits per heavy atom. The van der Waals surface area contributed by atoms with E-state index in [0.29, 0.717) is 31.8 Å². The summed E-state index contributed by atoms with van der Waals surface area (Å²) in [5.41, 5.74) is 6.20. The normalized spacial score (nSPS) is 9.64. The first-order valence-electron chi connectivity index (χ1n) is 3.06. The molecule has 0 amide bonds. The standard InChI is InChI=1S/C7H6NO2.Hg/c8-6-4-2-1-3-5(6)7(9)10;/h1-3H,8H2,(H,9,10);. The van der Waals surface area contributed by atoms with Gasteiger partial charge >= 0.3 is 80.2 Å². The molecule has 53 valence electrons. The number of anilines is 1. The van der Waals surface area contributed by atoms with Gasteiger partial charge in [-0.2, -0.15) is 0 Å². The molecule has 11 heavy (non-hydrogen) atoms. The van der Waals surface area contributed by atoms with Gasteiger partial charge in [0.2, 0.25) is 0 Å². The van der Waals surface area contributed by atoms with Crippen LogP contribution in [0.1, 0.15) is 10.4 Å². The minimum atomic E-state index is -0.949. The molecule has 1 aromatic carbocycles. The number of carboxylic acids is 1. The number of benzene rings is 1. The van der Waals surface area contributed by atoms with E-state index in [1.54, 1.807) is 6.07 Å². The molecule has 1 rings (SSSR count). The van der Waals surface area contributed by atoms with Crippen LogP contribution in [-0.4, -0.2) is 11.1 Å². The van der Waals surface area contributed by atoms with E-state index in [4.69, 9.17) is 10.8 Å². The van der Waals surface area contributed by atoms with Gasteiger partial charge in [-0.1, -0.05) is 0 Å². The first-order valence-corrected chi connectivity index (χ1v) is 5.81. The molecule has 0 aliphatic rings. The molecule has 0 fully saturated rings. The van der Waals surface area contributed by atoms with Crippen LogP contribution in [-0.2, 0) is 26.1 Å². The summed E-state index contributed by atoms with van der Waals surface area (Å²) < 4.78 is 0.991. The van der Waals surface area contributed by atoms with Gasteiger partial charge in [-0.3, -0.25) is 0 Å². The van der Waals surface area contributed by atoms with Gasteiger partial charge in [0.15, 0.2) is 0 Å². The fraction of sp³-hybridized carbons (Fsp3) is 0. The second-order valence-electron chi connectivity index (χ2n) is 2.18. The van der Waals surface area contributed by atoms with Crippen molar-refractivity contribution in [2.45, 2.75) is 0 Å². The fourth-order valence-corrected chi connectivity index (χ4v) is 2.07. The van der Waals surface area contributed by atoms with Crippen molar-refractivity contribution < 1.29 is 36.0 Å². The van der Waals surface area contributed by atoms with E-state index in [1.165, 1.54) is 6.07 Å². The van der Waals surface area contributed by atoms with Gasteiger partial charge in [-0.15, -0.1) is 0 Å². The minimum absolute atomic E-state index is 0.220. The number of carboxylic acid groups (broad SMARTS) is 1. The van der Waals surface area contributed by atoms with Crippen LogP contribution in [0.2, 0.25) is 0 Å². The van der Waals surface area contributed by atoms with Crippen LogP contribution >= 0.6 is 0 Å². The Morgan fingerprint density at radius 1 is 1.55 bits per heavy atom. The summed E-state index contributed by atoms with van der Waals surface area (Å²) in [5.74, 6) is -0.949. The third-order valence-electron chi connectivity index (χ3n) is 1.43. The number of para-hydroxylation sites is 1. The Balaban J connectivity index is 3.27. The Labute approximate surface area is 80.2 Å². The zero-order chi connectivity index (χ0) is 8.43. The van der Waals surface area contributed by atoms with Crippen molar-refractivity contribution in [2.75, 3.05) is 5.73 Å². The van der Waals surface area contributed by atoms with Gasteiger partial charge in [0, 0.05) is 0 Å². The van der Waals surface area contributed by atoms with Crippen LogP contribution in [0.15, 0.2) is 18.2 Å². The molecule has 3 nitrogen and oxygen atoms in total. The third-order valence-corrected chi connectivity index (χ3v) is 3.82. The van der Waals surface area contributed by atoms with E-state index in [-0.39, 0.29) is 5.56 Å². The van der Waals surface area contributed by atoms with Gasteiger partial charge in [-0.25, -0.2) is 0 Å². The van der Waals surface area contributed by atoms with Gasteiger partial charge in [-0.05, 0) is 0 Å². The van der Waals surface area contributed by atoms with E-state index < -0.39 is 5.97 Å². The Morgan fingerprint density at radius 2 is 2.18 bits per heavy atom. The molecule has 0 aromatic heterocycles. The van der Waals surface area contributed by atoms with E-state index in [1.807, 2.05) is 6.07 Å². The summed E-state index contributed by atoms with van der Waals surface area (Å²) in [5, 5.41) is 8.63. The summed E-state index contributed by atoms with van der Waals surface area (Å²) in [6, 6.07) is 5.11. The first kappa shape index (κ1) is 8.52. The predicted molar refractivity (Wildman–Crippen MR) is 37.4 cm³/mol. The Bertz CT molecular complexity index is 298. The van der Waals surface area contributed by atoms with Crippen LogP contribution in [0.3, 0.4) is 0 Å². The van der Waals surface area contributed by atoms with Gasteiger partial charge in [0.1, 0.15) is 0 Å². The fourth-order valence-electron chi connectivity index (χ4n) is 0.800. The number of carbonyl (C=O) groups is 1. The van der Waals surface area contributed by atoms with Crippen molar-refractivity contribution in [2.24, 2.45) is 0 Å². The Hall–Kier alpha value is -0.575. The summed E-state index contributed by atoms with van der Waals surface area (Å²) in [6.45, 7) is 0. The van der Waals surface area contributed by atoms with Crippen LogP contribution in [0.4, 0.5) is 5.69 Å². The molecule has 0 aliphatic carbocycles. The second-order valence-corrected chi connectivity index (χ2v) is 5.15. The summed E-state index contributed by atoms with van der Waals surface area (Å²) in [6.07, 6.45) is 0. The molecule has 0 bridgehead atoms. The molecule has 0 aliphatic heterocycles. The topological polar surface area (TPSA) is 63.3 Å². The maximum absolute atomic E-state index is 10.5. The zero-order valence-corrected chi connectivity index (χ0v) is 11.4. The average Bonchev–Trinajstić information content (AvgIpc) is 1.94. The first-order chi connectivity index (χ1) is 5.13. The second kappa shape index (κ2) is 3.22. The molecule has 0 spiro atoms. The predicted octanol–water partition coefficient (Wildman–Crippen LogP) is 0.139. The number of aromatic carboxylic acids is 1. The van der Waals surface area contributed by atoms with Crippen molar-refractivity contribution in [1.29, 1.82) is 0 Å². The average molecular weight is 337 g/mol. The zero-order valence-electron chi connectivity index (χ0n) is 5.87. The molecule has 0 atom stereocenters. The van der Waals surface area contributed by atoms with Gasteiger partial charge in [0.05, 0.1) is 0 Å². The van der Waals surface area contributed by atoms with Crippen molar-refractivity contribution in [3.8, 4) is 0 Å². The van der Waals surface area contributed by atoms with Gasteiger partial charge in [0.25, 0.3) is 0 Å². The number of hydrogen-bond acceptors (Lipinski definition) is 2. The molecule has 0 saturated carbocycles. The van der Waals surface area contributed by atoms with Crippen LogP contribution in [0, 0.1) is 0 Å². The number of nitrogens with two attached hydrogens (primary N) is 1. The van der Waals surface area contributed by atoms with E-state index in [9.17, 15) is 4.79 Å². The summed E-state index contributed by atoms with van der Waals surface area (Å²) in [4.78, 5) is 10.5. The molecule has 0 radical (unpaired) electrons. The quantitative estimate of drug-likeness (QED) is 0.566. The maximum atomic E-state index is 10.5. The number of rotatable bonds is 1. The molecule has 0 saturated heterocycles. The molecular formula is C7H6HgNO2. The Kier molecular flexibility index (Phi) is 2.49.